The monoisotopic (exact) mass is 282 g/mol. The second-order valence-corrected chi connectivity index (χ2v) is 6.30. The van der Waals surface area contributed by atoms with Crippen LogP contribution in [-0.4, -0.2) is 42.2 Å². The van der Waals surface area contributed by atoms with Crippen molar-refractivity contribution in [3.05, 3.63) is 21.9 Å². The maximum atomic E-state index is 11.0. The van der Waals surface area contributed by atoms with E-state index >= 15 is 0 Å². The fourth-order valence-electron chi connectivity index (χ4n) is 3.64. The fraction of sp³-hybridized carbons (Fsp3) is 0.867. The van der Waals surface area contributed by atoms with Crippen LogP contribution in [0.3, 0.4) is 0 Å². The minimum Gasteiger partial charge on any atom is -0.381 e. The van der Waals surface area contributed by atoms with Gasteiger partial charge in [-0.2, -0.15) is 0 Å². The molecular weight excluding hydrogens is 256 g/mol. The Morgan fingerprint density at radius 2 is 2.05 bits per heavy atom. The SMILES string of the molecule is COC1CC=C([N+](=O)[O-])CC1C1CCN(C(C)C)CC1. The topological polar surface area (TPSA) is 55.6 Å². The molecule has 114 valence electrons. The number of likely N-dealkylation sites (tertiary alicyclic amines) is 1. The van der Waals surface area contributed by atoms with E-state index < -0.39 is 0 Å². The summed E-state index contributed by atoms with van der Waals surface area (Å²) in [5, 5.41) is 11.0. The molecule has 2 rings (SSSR count). The number of methoxy groups -OCH3 is 1. The molecule has 0 aromatic carbocycles. The van der Waals surface area contributed by atoms with Gasteiger partial charge in [-0.25, -0.2) is 0 Å². The molecular formula is C15H26N2O3. The summed E-state index contributed by atoms with van der Waals surface area (Å²) in [7, 11) is 1.73. The zero-order valence-electron chi connectivity index (χ0n) is 12.7. The molecule has 0 spiro atoms. The molecule has 1 fully saturated rings. The molecule has 0 saturated carbocycles. The smallest absolute Gasteiger partial charge is 0.242 e. The highest BCUT2D eigenvalue weighted by molar-refractivity contribution is 5.04. The Morgan fingerprint density at radius 1 is 1.40 bits per heavy atom. The molecule has 20 heavy (non-hydrogen) atoms. The second-order valence-electron chi connectivity index (χ2n) is 6.30. The summed E-state index contributed by atoms with van der Waals surface area (Å²) >= 11 is 0. The van der Waals surface area contributed by atoms with Gasteiger partial charge in [0.05, 0.1) is 11.0 Å². The predicted octanol–water partition coefficient (Wildman–Crippen LogP) is 2.69. The Bertz CT molecular complexity index is 373. The van der Waals surface area contributed by atoms with Gasteiger partial charge in [-0.1, -0.05) is 0 Å². The van der Waals surface area contributed by atoms with Crippen molar-refractivity contribution < 1.29 is 9.66 Å². The average Bonchev–Trinajstić information content (AvgIpc) is 2.46. The molecule has 0 aromatic heterocycles. The highest BCUT2D eigenvalue weighted by Gasteiger charge is 2.37. The van der Waals surface area contributed by atoms with E-state index in [4.69, 9.17) is 4.74 Å². The van der Waals surface area contributed by atoms with E-state index in [0.29, 0.717) is 36.4 Å². The Labute approximate surface area is 121 Å². The number of nitro groups is 1. The van der Waals surface area contributed by atoms with Crippen LogP contribution in [-0.2, 0) is 4.74 Å². The number of rotatable bonds is 4. The summed E-state index contributed by atoms with van der Waals surface area (Å²) in [5.74, 6) is 0.860. The largest absolute Gasteiger partial charge is 0.381 e. The fourth-order valence-corrected chi connectivity index (χ4v) is 3.64. The number of ether oxygens (including phenoxy) is 1. The predicted molar refractivity (Wildman–Crippen MR) is 78.0 cm³/mol. The zero-order chi connectivity index (χ0) is 14.7. The van der Waals surface area contributed by atoms with E-state index in [1.807, 2.05) is 0 Å². The van der Waals surface area contributed by atoms with Gasteiger partial charge < -0.3 is 9.64 Å². The lowest BCUT2D eigenvalue weighted by Crippen LogP contribution is -2.43. The van der Waals surface area contributed by atoms with Gasteiger partial charge in [0.15, 0.2) is 0 Å². The van der Waals surface area contributed by atoms with Crippen molar-refractivity contribution in [3.63, 3.8) is 0 Å². The van der Waals surface area contributed by atoms with Crippen molar-refractivity contribution >= 4 is 0 Å². The number of piperidine rings is 1. The van der Waals surface area contributed by atoms with E-state index in [0.717, 1.165) is 25.9 Å². The van der Waals surface area contributed by atoms with Gasteiger partial charge in [0, 0.05) is 19.6 Å². The number of allylic oxidation sites excluding steroid dienone is 1. The maximum absolute atomic E-state index is 11.0. The van der Waals surface area contributed by atoms with Crippen LogP contribution in [0.5, 0.6) is 0 Å². The van der Waals surface area contributed by atoms with Crippen molar-refractivity contribution in [1.29, 1.82) is 0 Å². The molecule has 0 amide bonds. The van der Waals surface area contributed by atoms with Crippen LogP contribution in [0.25, 0.3) is 0 Å². The van der Waals surface area contributed by atoms with Gasteiger partial charge in [-0.3, -0.25) is 10.1 Å². The van der Waals surface area contributed by atoms with E-state index in [1.54, 1.807) is 13.2 Å². The van der Waals surface area contributed by atoms with Crippen molar-refractivity contribution in [2.45, 2.75) is 51.7 Å². The Balaban J connectivity index is 2.00. The summed E-state index contributed by atoms with van der Waals surface area (Å²) in [5.41, 5.74) is 0.384. The number of hydrogen-bond acceptors (Lipinski definition) is 4. The van der Waals surface area contributed by atoms with E-state index in [9.17, 15) is 10.1 Å². The van der Waals surface area contributed by atoms with E-state index in [-0.39, 0.29) is 11.0 Å². The van der Waals surface area contributed by atoms with Crippen molar-refractivity contribution in [3.8, 4) is 0 Å². The molecule has 1 heterocycles. The quantitative estimate of drug-likeness (QED) is 0.587. The van der Waals surface area contributed by atoms with Crippen molar-refractivity contribution in [1.82, 2.24) is 4.90 Å². The Hall–Kier alpha value is -0.940. The van der Waals surface area contributed by atoms with Crippen LogP contribution in [0.1, 0.15) is 39.5 Å². The molecule has 0 radical (unpaired) electrons. The first-order chi connectivity index (χ1) is 9.52. The molecule has 2 unspecified atom stereocenters. The van der Waals surface area contributed by atoms with Crippen LogP contribution in [0.4, 0.5) is 0 Å². The van der Waals surface area contributed by atoms with Crippen LogP contribution >= 0.6 is 0 Å². The highest BCUT2D eigenvalue weighted by atomic mass is 16.6. The molecule has 2 aliphatic rings. The molecule has 1 aliphatic heterocycles. The molecule has 5 heteroatoms. The van der Waals surface area contributed by atoms with Gasteiger partial charge in [-0.05, 0) is 64.1 Å². The molecule has 1 aliphatic carbocycles. The first kappa shape index (κ1) is 15.4. The minimum absolute atomic E-state index is 0.147. The van der Waals surface area contributed by atoms with Crippen molar-refractivity contribution in [2.24, 2.45) is 11.8 Å². The number of nitrogens with zero attached hydrogens (tertiary/aromatic N) is 2. The third-order valence-corrected chi connectivity index (χ3v) is 4.96. The lowest BCUT2D eigenvalue weighted by Gasteiger charge is -2.40. The summed E-state index contributed by atoms with van der Waals surface area (Å²) in [6.07, 6.45) is 5.41. The van der Waals surface area contributed by atoms with Gasteiger partial charge in [0.1, 0.15) is 0 Å². The lowest BCUT2D eigenvalue weighted by molar-refractivity contribution is -0.431. The van der Waals surface area contributed by atoms with Gasteiger partial charge >= 0.3 is 0 Å². The maximum Gasteiger partial charge on any atom is 0.242 e. The first-order valence-electron chi connectivity index (χ1n) is 7.63. The second kappa shape index (κ2) is 6.68. The number of hydrogen-bond donors (Lipinski definition) is 0. The highest BCUT2D eigenvalue weighted by Crippen LogP contribution is 2.37. The summed E-state index contributed by atoms with van der Waals surface area (Å²) in [4.78, 5) is 13.3. The molecule has 0 N–H and O–H groups in total. The summed E-state index contributed by atoms with van der Waals surface area (Å²) < 4.78 is 5.58. The molecule has 5 nitrogen and oxygen atoms in total. The molecule has 1 saturated heterocycles. The van der Waals surface area contributed by atoms with Gasteiger partial charge in [-0.15, -0.1) is 0 Å². The normalized spacial score (nSPS) is 29.5. The van der Waals surface area contributed by atoms with Gasteiger partial charge in [0.25, 0.3) is 0 Å². The van der Waals surface area contributed by atoms with Crippen molar-refractivity contribution in [2.75, 3.05) is 20.2 Å². The summed E-state index contributed by atoms with van der Waals surface area (Å²) in [6, 6.07) is 0.592. The first-order valence-corrected chi connectivity index (χ1v) is 7.63. The average molecular weight is 282 g/mol. The molecule has 0 aromatic rings. The van der Waals surface area contributed by atoms with Crippen LogP contribution in [0.2, 0.25) is 0 Å². The van der Waals surface area contributed by atoms with Crippen LogP contribution in [0.15, 0.2) is 11.8 Å². The zero-order valence-corrected chi connectivity index (χ0v) is 12.7. The lowest BCUT2D eigenvalue weighted by atomic mass is 9.75. The minimum atomic E-state index is -0.220. The molecule has 0 bridgehead atoms. The Kier molecular flexibility index (Phi) is 5.16. The molecule has 2 atom stereocenters. The van der Waals surface area contributed by atoms with E-state index in [1.165, 1.54) is 0 Å². The van der Waals surface area contributed by atoms with Crippen LogP contribution in [0, 0.1) is 22.0 Å². The third-order valence-electron chi connectivity index (χ3n) is 4.96. The van der Waals surface area contributed by atoms with Crippen LogP contribution < -0.4 is 0 Å². The Morgan fingerprint density at radius 3 is 2.55 bits per heavy atom. The third kappa shape index (κ3) is 3.38. The summed E-state index contributed by atoms with van der Waals surface area (Å²) in [6.45, 7) is 6.67. The van der Waals surface area contributed by atoms with Gasteiger partial charge in [0.2, 0.25) is 5.70 Å². The van der Waals surface area contributed by atoms with E-state index in [2.05, 4.69) is 18.7 Å². The standard InChI is InChI=1S/C15H26N2O3/c1-11(2)16-8-6-12(7-9-16)14-10-13(17(18)19)4-5-15(14)20-3/h4,11-12,14-15H,5-10H2,1-3H3.